The number of hydrogen-bond acceptors (Lipinski definition) is 3. The Hall–Kier alpha value is -1.80. The molecule has 1 atom stereocenters. The lowest BCUT2D eigenvalue weighted by Crippen LogP contribution is -2.30. The molecule has 0 radical (unpaired) electrons. The highest BCUT2D eigenvalue weighted by molar-refractivity contribution is 7.89. The first kappa shape index (κ1) is 15.6. The first-order valence-corrected chi connectivity index (χ1v) is 7.58. The first-order valence-electron chi connectivity index (χ1n) is 6.14. The Bertz CT molecular complexity index is 759. The Balaban J connectivity index is 2.34. The van der Waals surface area contributed by atoms with Crippen LogP contribution >= 0.6 is 0 Å². The van der Waals surface area contributed by atoms with Gasteiger partial charge in [-0.25, -0.2) is 22.2 Å². The molecule has 0 aliphatic carbocycles. The minimum atomic E-state index is -3.80. The van der Waals surface area contributed by atoms with Crippen molar-refractivity contribution < 1.29 is 17.2 Å². The molecule has 0 aliphatic rings. The molecule has 1 unspecified atom stereocenters. The van der Waals surface area contributed by atoms with Gasteiger partial charge >= 0.3 is 0 Å². The third-order valence-electron chi connectivity index (χ3n) is 3.30. The molecule has 1 aromatic carbocycles. The minimum absolute atomic E-state index is 0.0954. The maximum absolute atomic E-state index is 13.3. The molecular weight excluding hydrogens is 300 g/mol. The van der Waals surface area contributed by atoms with Gasteiger partial charge in [0.1, 0.15) is 0 Å². The summed E-state index contributed by atoms with van der Waals surface area (Å²) in [7, 11) is -0.775. The van der Waals surface area contributed by atoms with E-state index in [0.717, 1.165) is 16.4 Å². The highest BCUT2D eigenvalue weighted by Gasteiger charge is 2.28. The van der Waals surface area contributed by atoms with Crippen LogP contribution in [0, 0.1) is 11.6 Å². The van der Waals surface area contributed by atoms with E-state index in [2.05, 4.69) is 4.98 Å². The van der Waals surface area contributed by atoms with Crippen molar-refractivity contribution in [2.45, 2.75) is 18.0 Å². The molecule has 0 fully saturated rings. The van der Waals surface area contributed by atoms with Crippen molar-refractivity contribution in [2.75, 3.05) is 7.05 Å². The van der Waals surface area contributed by atoms with Crippen molar-refractivity contribution in [3.05, 3.63) is 47.9 Å². The fraction of sp³-hybridized carbons (Fsp3) is 0.308. The third kappa shape index (κ3) is 2.96. The molecule has 2 aromatic rings. The Kier molecular flexibility index (Phi) is 4.11. The molecule has 0 amide bonds. The molecule has 0 bridgehead atoms. The number of benzene rings is 1. The second-order valence-corrected chi connectivity index (χ2v) is 6.69. The molecule has 8 heteroatoms. The average molecular weight is 315 g/mol. The van der Waals surface area contributed by atoms with Gasteiger partial charge in [-0.2, -0.15) is 4.31 Å². The first-order chi connectivity index (χ1) is 9.73. The number of halogens is 2. The van der Waals surface area contributed by atoms with Gasteiger partial charge in [0.15, 0.2) is 16.7 Å². The van der Waals surface area contributed by atoms with E-state index in [1.54, 1.807) is 14.0 Å². The fourth-order valence-electron chi connectivity index (χ4n) is 1.86. The zero-order valence-electron chi connectivity index (χ0n) is 11.8. The molecule has 21 heavy (non-hydrogen) atoms. The molecule has 2 rings (SSSR count). The SMILES string of the molecule is CC(c1ccc(F)c(F)c1)N(C)S(=O)(=O)c1cn(C)cn1. The van der Waals surface area contributed by atoms with E-state index in [-0.39, 0.29) is 5.03 Å². The van der Waals surface area contributed by atoms with Gasteiger partial charge in [-0.1, -0.05) is 6.07 Å². The van der Waals surface area contributed by atoms with Crippen LogP contribution in [0.1, 0.15) is 18.5 Å². The Morgan fingerprint density at radius 2 is 1.95 bits per heavy atom. The smallest absolute Gasteiger partial charge is 0.262 e. The van der Waals surface area contributed by atoms with Crippen molar-refractivity contribution in [1.82, 2.24) is 13.9 Å². The summed E-state index contributed by atoms with van der Waals surface area (Å²) >= 11 is 0. The van der Waals surface area contributed by atoms with Crippen LogP contribution in [0.4, 0.5) is 8.78 Å². The average Bonchev–Trinajstić information content (AvgIpc) is 2.87. The number of imidazole rings is 1. The molecule has 1 aromatic heterocycles. The van der Waals surface area contributed by atoms with E-state index in [4.69, 9.17) is 0 Å². The van der Waals surface area contributed by atoms with Crippen LogP contribution in [-0.2, 0) is 17.1 Å². The summed E-state index contributed by atoms with van der Waals surface area (Å²) in [5, 5.41) is -0.0954. The summed E-state index contributed by atoms with van der Waals surface area (Å²) in [6, 6.07) is 2.66. The van der Waals surface area contributed by atoms with Crippen LogP contribution in [-0.4, -0.2) is 29.3 Å². The van der Waals surface area contributed by atoms with Gasteiger partial charge in [0, 0.05) is 26.3 Å². The van der Waals surface area contributed by atoms with E-state index >= 15 is 0 Å². The molecule has 0 spiro atoms. The predicted molar refractivity (Wildman–Crippen MR) is 72.9 cm³/mol. The zero-order valence-corrected chi connectivity index (χ0v) is 12.6. The number of nitrogens with zero attached hydrogens (tertiary/aromatic N) is 3. The summed E-state index contributed by atoms with van der Waals surface area (Å²) in [6.45, 7) is 1.59. The zero-order chi connectivity index (χ0) is 15.8. The summed E-state index contributed by atoms with van der Waals surface area (Å²) in [4.78, 5) is 3.82. The number of sulfonamides is 1. The van der Waals surface area contributed by atoms with Gasteiger partial charge in [0.05, 0.1) is 6.33 Å². The molecule has 0 aliphatic heterocycles. The molecule has 1 heterocycles. The van der Waals surface area contributed by atoms with Gasteiger partial charge in [-0.3, -0.25) is 0 Å². The number of rotatable bonds is 4. The lowest BCUT2D eigenvalue weighted by Gasteiger charge is -2.23. The van der Waals surface area contributed by atoms with Crippen LogP contribution in [0.5, 0.6) is 0 Å². The van der Waals surface area contributed by atoms with Gasteiger partial charge in [-0.15, -0.1) is 0 Å². The minimum Gasteiger partial charge on any atom is -0.339 e. The van der Waals surface area contributed by atoms with Crippen LogP contribution in [0.3, 0.4) is 0 Å². The number of aromatic nitrogens is 2. The Morgan fingerprint density at radius 1 is 1.29 bits per heavy atom. The Morgan fingerprint density at radius 3 is 2.48 bits per heavy atom. The molecule has 114 valence electrons. The molecule has 0 saturated heterocycles. The highest BCUT2D eigenvalue weighted by atomic mass is 32.2. The van der Waals surface area contributed by atoms with E-state index < -0.39 is 27.7 Å². The van der Waals surface area contributed by atoms with Crippen LogP contribution in [0.2, 0.25) is 0 Å². The normalized spacial score (nSPS) is 13.6. The molecular formula is C13H15F2N3O2S. The van der Waals surface area contributed by atoms with Crippen LogP contribution in [0.15, 0.2) is 35.7 Å². The largest absolute Gasteiger partial charge is 0.339 e. The van der Waals surface area contributed by atoms with Gasteiger partial charge in [0.2, 0.25) is 0 Å². The Labute approximate surface area is 121 Å². The summed E-state index contributed by atoms with van der Waals surface area (Å²) in [5.41, 5.74) is 0.357. The maximum atomic E-state index is 13.3. The van der Waals surface area contributed by atoms with Crippen LogP contribution < -0.4 is 0 Å². The molecule has 0 N–H and O–H groups in total. The van der Waals surface area contributed by atoms with Crippen molar-refractivity contribution in [3.63, 3.8) is 0 Å². The second-order valence-electron chi connectivity index (χ2n) is 4.75. The van der Waals surface area contributed by atoms with E-state index in [0.29, 0.717) is 5.56 Å². The quantitative estimate of drug-likeness (QED) is 0.868. The topological polar surface area (TPSA) is 55.2 Å². The van der Waals surface area contributed by atoms with Crippen molar-refractivity contribution in [1.29, 1.82) is 0 Å². The number of hydrogen-bond donors (Lipinski definition) is 0. The summed E-state index contributed by atoms with van der Waals surface area (Å²) < 4.78 is 53.6. The van der Waals surface area contributed by atoms with E-state index in [9.17, 15) is 17.2 Å². The van der Waals surface area contributed by atoms with E-state index in [1.165, 1.54) is 30.2 Å². The van der Waals surface area contributed by atoms with Crippen molar-refractivity contribution in [2.24, 2.45) is 7.05 Å². The maximum Gasteiger partial charge on any atom is 0.262 e. The number of aryl methyl sites for hydroxylation is 1. The third-order valence-corrected chi connectivity index (χ3v) is 5.11. The summed E-state index contributed by atoms with van der Waals surface area (Å²) in [5.74, 6) is -1.98. The lowest BCUT2D eigenvalue weighted by atomic mass is 10.1. The molecule has 5 nitrogen and oxygen atoms in total. The monoisotopic (exact) mass is 315 g/mol. The van der Waals surface area contributed by atoms with Crippen molar-refractivity contribution >= 4 is 10.0 Å². The fourth-order valence-corrected chi connectivity index (χ4v) is 3.17. The van der Waals surface area contributed by atoms with Gasteiger partial charge in [0.25, 0.3) is 10.0 Å². The standard InChI is InChI=1S/C13H15F2N3O2S/c1-9(10-4-5-11(14)12(15)6-10)18(3)21(19,20)13-7-17(2)8-16-13/h4-9H,1-3H3. The predicted octanol–water partition coefficient (Wildman–Crippen LogP) is 2.08. The van der Waals surface area contributed by atoms with E-state index in [1.807, 2.05) is 0 Å². The summed E-state index contributed by atoms with van der Waals surface area (Å²) in [6.07, 6.45) is 2.76. The lowest BCUT2D eigenvalue weighted by molar-refractivity contribution is 0.394. The van der Waals surface area contributed by atoms with Gasteiger partial charge < -0.3 is 4.57 Å². The highest BCUT2D eigenvalue weighted by Crippen LogP contribution is 2.25. The van der Waals surface area contributed by atoms with Crippen molar-refractivity contribution in [3.8, 4) is 0 Å². The van der Waals surface area contributed by atoms with Gasteiger partial charge in [-0.05, 0) is 24.6 Å². The second kappa shape index (κ2) is 5.53. The van der Waals surface area contributed by atoms with Crippen LogP contribution in [0.25, 0.3) is 0 Å². The molecule has 0 saturated carbocycles.